The quantitative estimate of drug-likeness (QED) is 0.347. The van der Waals surface area contributed by atoms with Gasteiger partial charge < -0.3 is 25.0 Å². The minimum Gasteiger partial charge on any atom is -0.444 e. The first-order chi connectivity index (χ1) is 18.2. The van der Waals surface area contributed by atoms with E-state index in [9.17, 15) is 14.3 Å². The molecule has 9 nitrogen and oxygen atoms in total. The summed E-state index contributed by atoms with van der Waals surface area (Å²) in [5, 5.41) is 12.3. The minimum atomic E-state index is -0.627. The van der Waals surface area contributed by atoms with Crippen molar-refractivity contribution in [3.8, 4) is 22.6 Å². The van der Waals surface area contributed by atoms with Gasteiger partial charge in [0.05, 0.1) is 23.5 Å². The number of ether oxygens (including phenoxy) is 1. The molecule has 0 atom stereocenters. The van der Waals surface area contributed by atoms with E-state index in [1.165, 1.54) is 6.07 Å². The van der Waals surface area contributed by atoms with Crippen molar-refractivity contribution in [3.05, 3.63) is 60.2 Å². The highest BCUT2D eigenvalue weighted by atomic mass is 19.1. The van der Waals surface area contributed by atoms with E-state index in [4.69, 9.17) is 4.74 Å². The Kier molecular flexibility index (Phi) is 6.98. The maximum atomic E-state index is 14.9. The second-order valence-corrected chi connectivity index (χ2v) is 10.4. The summed E-state index contributed by atoms with van der Waals surface area (Å²) in [6.45, 7) is 6.92. The van der Waals surface area contributed by atoms with E-state index >= 15 is 0 Å². The molecular weight excluding hydrogens is 487 g/mol. The number of carbonyl (C=O) groups is 1. The lowest BCUT2D eigenvalue weighted by atomic mass is 10.0. The number of piperidine rings is 1. The molecule has 1 amide bonds. The van der Waals surface area contributed by atoms with E-state index in [0.717, 1.165) is 37.2 Å². The summed E-state index contributed by atoms with van der Waals surface area (Å²) in [7, 11) is 0. The van der Waals surface area contributed by atoms with Gasteiger partial charge in [-0.2, -0.15) is 0 Å². The highest BCUT2D eigenvalue weighted by Gasteiger charge is 2.19. The number of nitrogens with one attached hydrogen (secondary N) is 2. The number of alkyl carbamates (subject to hydrolysis) is 1. The van der Waals surface area contributed by atoms with Crippen LogP contribution in [0, 0.1) is 5.82 Å². The Morgan fingerprint density at radius 2 is 1.97 bits per heavy atom. The maximum absolute atomic E-state index is 14.9. The molecule has 5 rings (SSSR count). The standard InChI is InChI=1S/C28H31FN6O3/c1-28(2,3)38-27(37)32-15-18-5-4-17(14-22(18)29)21-8-11-30-26-24(21)33-25(34-26)23-7-6-19(16-31-23)35-12-9-20(36)10-13-35/h4-8,11,14,16,20,36H,9-10,12-13,15H2,1-3H3,(H,32,37)(H,30,33,34). The van der Waals surface area contributed by atoms with Crippen molar-refractivity contribution in [2.75, 3.05) is 18.0 Å². The van der Waals surface area contributed by atoms with Crippen LogP contribution in [0.15, 0.2) is 48.8 Å². The first-order valence-corrected chi connectivity index (χ1v) is 12.7. The number of aromatic nitrogens is 4. The van der Waals surface area contributed by atoms with Gasteiger partial charge in [0.25, 0.3) is 0 Å². The van der Waals surface area contributed by atoms with Crippen molar-refractivity contribution >= 4 is 22.9 Å². The van der Waals surface area contributed by atoms with E-state index in [1.54, 1.807) is 45.2 Å². The maximum Gasteiger partial charge on any atom is 0.407 e. The van der Waals surface area contributed by atoms with Gasteiger partial charge in [0.2, 0.25) is 0 Å². The van der Waals surface area contributed by atoms with Gasteiger partial charge >= 0.3 is 6.09 Å². The van der Waals surface area contributed by atoms with Crippen LogP contribution in [0.2, 0.25) is 0 Å². The van der Waals surface area contributed by atoms with Crippen LogP contribution in [-0.4, -0.2) is 55.9 Å². The highest BCUT2D eigenvalue weighted by molar-refractivity contribution is 5.91. The van der Waals surface area contributed by atoms with Crippen LogP contribution in [0.1, 0.15) is 39.2 Å². The van der Waals surface area contributed by atoms with Gasteiger partial charge in [-0.15, -0.1) is 0 Å². The molecule has 3 N–H and O–H groups in total. The zero-order valence-corrected chi connectivity index (χ0v) is 21.7. The Balaban J connectivity index is 1.34. The molecule has 0 spiro atoms. The molecule has 0 bridgehead atoms. The second-order valence-electron chi connectivity index (χ2n) is 10.4. The summed E-state index contributed by atoms with van der Waals surface area (Å²) in [6.07, 6.45) is 4.13. The number of hydrogen-bond acceptors (Lipinski definition) is 7. The zero-order chi connectivity index (χ0) is 26.9. The van der Waals surface area contributed by atoms with E-state index < -0.39 is 17.5 Å². The largest absolute Gasteiger partial charge is 0.444 e. The number of benzene rings is 1. The number of fused-ring (bicyclic) bond motifs is 1. The predicted octanol–water partition coefficient (Wildman–Crippen LogP) is 4.81. The molecule has 4 heterocycles. The van der Waals surface area contributed by atoms with Gasteiger partial charge in [0.1, 0.15) is 17.1 Å². The molecule has 0 aliphatic carbocycles. The third-order valence-corrected chi connectivity index (χ3v) is 6.40. The van der Waals surface area contributed by atoms with Crippen molar-refractivity contribution in [3.63, 3.8) is 0 Å². The summed E-state index contributed by atoms with van der Waals surface area (Å²) in [5.41, 5.74) is 3.99. The van der Waals surface area contributed by atoms with Crippen LogP contribution in [0.25, 0.3) is 33.8 Å². The van der Waals surface area contributed by atoms with Crippen molar-refractivity contribution in [1.82, 2.24) is 25.3 Å². The first-order valence-electron chi connectivity index (χ1n) is 12.7. The average Bonchev–Trinajstić information content (AvgIpc) is 3.32. The van der Waals surface area contributed by atoms with Gasteiger partial charge in [-0.05, 0) is 63.4 Å². The number of aliphatic hydroxyl groups excluding tert-OH is 1. The molecule has 198 valence electrons. The van der Waals surface area contributed by atoms with E-state index in [2.05, 4.69) is 30.2 Å². The fourth-order valence-corrected chi connectivity index (χ4v) is 4.45. The van der Waals surface area contributed by atoms with Crippen molar-refractivity contribution in [1.29, 1.82) is 0 Å². The fourth-order valence-electron chi connectivity index (χ4n) is 4.45. The van der Waals surface area contributed by atoms with Crippen LogP contribution >= 0.6 is 0 Å². The van der Waals surface area contributed by atoms with Crippen LogP contribution in [-0.2, 0) is 11.3 Å². The number of rotatable bonds is 5. The number of anilines is 1. The molecule has 10 heteroatoms. The number of amides is 1. The normalized spacial score (nSPS) is 14.6. The van der Waals surface area contributed by atoms with Gasteiger partial charge in [0.15, 0.2) is 11.5 Å². The van der Waals surface area contributed by atoms with Crippen molar-refractivity contribution in [2.45, 2.75) is 51.9 Å². The Morgan fingerprint density at radius 3 is 2.66 bits per heavy atom. The monoisotopic (exact) mass is 518 g/mol. The van der Waals surface area contributed by atoms with Gasteiger partial charge in [-0.1, -0.05) is 12.1 Å². The Bertz CT molecular complexity index is 1440. The second kappa shape index (κ2) is 10.4. The summed E-state index contributed by atoms with van der Waals surface area (Å²) in [5.74, 6) is 0.130. The molecule has 0 unspecified atom stereocenters. The Morgan fingerprint density at radius 1 is 1.18 bits per heavy atom. The number of pyridine rings is 2. The number of carbonyl (C=O) groups excluding carboxylic acids is 1. The molecule has 1 aliphatic heterocycles. The number of aromatic amines is 1. The number of aliphatic hydroxyl groups is 1. The fraction of sp³-hybridized carbons (Fsp3) is 0.357. The summed E-state index contributed by atoms with van der Waals surface area (Å²) in [6, 6.07) is 10.6. The van der Waals surface area contributed by atoms with Gasteiger partial charge in [-0.3, -0.25) is 4.98 Å². The third-order valence-electron chi connectivity index (χ3n) is 6.40. The third kappa shape index (κ3) is 5.75. The van der Waals surface area contributed by atoms with Crippen LogP contribution < -0.4 is 10.2 Å². The predicted molar refractivity (Wildman–Crippen MR) is 143 cm³/mol. The Labute approximate surface area is 220 Å². The lowest BCUT2D eigenvalue weighted by molar-refractivity contribution is 0.0523. The highest BCUT2D eigenvalue weighted by Crippen LogP contribution is 2.30. The molecule has 3 aromatic heterocycles. The van der Waals surface area contributed by atoms with Gasteiger partial charge in [0, 0.05) is 37.0 Å². The summed E-state index contributed by atoms with van der Waals surface area (Å²) in [4.78, 5) is 31.0. The van der Waals surface area contributed by atoms with E-state index in [-0.39, 0.29) is 12.6 Å². The number of hydrogen-bond donors (Lipinski definition) is 3. The first kappa shape index (κ1) is 25.6. The molecule has 0 radical (unpaired) electrons. The Hall–Kier alpha value is -4.05. The number of imidazole rings is 1. The number of halogens is 1. The van der Waals surface area contributed by atoms with Crippen LogP contribution in [0.3, 0.4) is 0 Å². The van der Waals surface area contributed by atoms with Crippen molar-refractivity contribution < 1.29 is 19.0 Å². The molecule has 4 aromatic rings. The SMILES string of the molecule is CC(C)(C)OC(=O)NCc1ccc(-c2ccnc3nc(-c4ccc(N5CCC(O)CC5)cn4)[nH]c23)cc1F. The molecule has 38 heavy (non-hydrogen) atoms. The number of H-pyrrole nitrogens is 1. The zero-order valence-electron chi connectivity index (χ0n) is 21.7. The molecule has 1 fully saturated rings. The molecule has 1 aromatic carbocycles. The van der Waals surface area contributed by atoms with Crippen LogP contribution in [0.5, 0.6) is 0 Å². The van der Waals surface area contributed by atoms with Gasteiger partial charge in [-0.25, -0.2) is 19.2 Å². The molecule has 1 aliphatic rings. The van der Waals surface area contributed by atoms with E-state index in [0.29, 0.717) is 33.8 Å². The molecule has 1 saturated heterocycles. The lowest BCUT2D eigenvalue weighted by Gasteiger charge is -2.31. The summed E-state index contributed by atoms with van der Waals surface area (Å²) < 4.78 is 20.2. The lowest BCUT2D eigenvalue weighted by Crippen LogP contribution is -2.35. The van der Waals surface area contributed by atoms with Crippen LogP contribution in [0.4, 0.5) is 14.9 Å². The molecular formula is C28H31FN6O3. The average molecular weight is 519 g/mol. The van der Waals surface area contributed by atoms with Crippen molar-refractivity contribution in [2.24, 2.45) is 0 Å². The smallest absolute Gasteiger partial charge is 0.407 e. The minimum absolute atomic E-state index is 0.0145. The molecule has 0 saturated carbocycles. The topological polar surface area (TPSA) is 116 Å². The summed E-state index contributed by atoms with van der Waals surface area (Å²) >= 11 is 0. The number of nitrogens with zero attached hydrogens (tertiary/aromatic N) is 4. The van der Waals surface area contributed by atoms with E-state index in [1.807, 2.05) is 18.3 Å².